The summed E-state index contributed by atoms with van der Waals surface area (Å²) < 4.78 is 24.4. The summed E-state index contributed by atoms with van der Waals surface area (Å²) in [7, 11) is 1.47. The molecule has 0 bridgehead atoms. The van der Waals surface area contributed by atoms with Crippen LogP contribution in [0.4, 0.5) is 4.39 Å². The number of hydrogen-bond donors (Lipinski definition) is 1. The van der Waals surface area contributed by atoms with Gasteiger partial charge in [0.15, 0.2) is 11.5 Å². The first-order chi connectivity index (χ1) is 7.24. The van der Waals surface area contributed by atoms with E-state index in [4.69, 9.17) is 9.47 Å². The van der Waals surface area contributed by atoms with Crippen LogP contribution in [-0.2, 0) is 11.4 Å². The molecule has 0 spiro atoms. The third-order valence-electron chi connectivity index (χ3n) is 2.04. The number of hydrogen-bond acceptors (Lipinski definition) is 4. The molecule has 2 rings (SSSR count). The second kappa shape index (κ2) is 4.34. The van der Waals surface area contributed by atoms with E-state index >= 15 is 0 Å². The molecule has 82 valence electrons. The molecular weight excluding hydrogens is 269 g/mol. The quantitative estimate of drug-likeness (QED) is 0.858. The van der Waals surface area contributed by atoms with Gasteiger partial charge in [-0.05, 0) is 15.9 Å². The molecule has 1 N–H and O–H groups in total. The molecule has 0 saturated heterocycles. The van der Waals surface area contributed by atoms with Gasteiger partial charge in [-0.3, -0.25) is 0 Å². The highest BCUT2D eigenvalue weighted by Gasteiger charge is 2.23. The molecule has 0 fully saturated rings. The fraction of sp³-hybridized carbons (Fsp3) is 0.333. The minimum atomic E-state index is -0.371. The van der Waals surface area contributed by atoms with Gasteiger partial charge in [-0.1, -0.05) is 0 Å². The highest BCUT2D eigenvalue weighted by atomic mass is 79.9. The van der Waals surface area contributed by atoms with E-state index in [1.807, 2.05) is 0 Å². The van der Waals surface area contributed by atoms with E-state index in [-0.39, 0.29) is 19.2 Å². The Balaban J connectivity index is 2.41. The van der Waals surface area contributed by atoms with Gasteiger partial charge in [0.25, 0.3) is 0 Å². The van der Waals surface area contributed by atoms with Crippen LogP contribution in [0.5, 0.6) is 11.5 Å². The summed E-state index contributed by atoms with van der Waals surface area (Å²) in [6.45, 7) is 0.332. The number of rotatable bonds is 3. The number of hydroxylamine groups is 1. The first kappa shape index (κ1) is 10.7. The average molecular weight is 278 g/mol. The fourth-order valence-corrected chi connectivity index (χ4v) is 1.80. The lowest BCUT2D eigenvalue weighted by atomic mass is 10.2. The lowest BCUT2D eigenvalue weighted by molar-refractivity contribution is 0.0849. The van der Waals surface area contributed by atoms with Gasteiger partial charge in [0.1, 0.15) is 5.82 Å². The standard InChI is InChI=1S/C9H9BrFNO3/c1-13-12-3-5-8(11)6(10)2-7-9(5)15-4-14-7/h2,12H,3-4H2,1H3. The van der Waals surface area contributed by atoms with Crippen LogP contribution in [0.2, 0.25) is 0 Å². The van der Waals surface area contributed by atoms with Gasteiger partial charge in [-0.15, -0.1) is 0 Å². The molecule has 0 radical (unpaired) electrons. The molecular formula is C9H9BrFNO3. The van der Waals surface area contributed by atoms with E-state index < -0.39 is 0 Å². The van der Waals surface area contributed by atoms with Crippen LogP contribution in [0.25, 0.3) is 0 Å². The smallest absolute Gasteiger partial charge is 0.231 e. The van der Waals surface area contributed by atoms with Gasteiger partial charge in [0, 0.05) is 6.07 Å². The third-order valence-corrected chi connectivity index (χ3v) is 2.62. The SMILES string of the molecule is CONCc1c(F)c(Br)cc2c1OCO2. The van der Waals surface area contributed by atoms with E-state index in [0.717, 1.165) is 0 Å². The summed E-state index contributed by atoms with van der Waals surface area (Å²) in [6.07, 6.45) is 0. The third kappa shape index (κ3) is 1.92. The van der Waals surface area contributed by atoms with Gasteiger partial charge in [-0.25, -0.2) is 4.39 Å². The monoisotopic (exact) mass is 277 g/mol. The highest BCUT2D eigenvalue weighted by molar-refractivity contribution is 9.10. The predicted octanol–water partition coefficient (Wildman–Crippen LogP) is 1.97. The molecule has 4 nitrogen and oxygen atoms in total. The van der Waals surface area contributed by atoms with Crippen molar-refractivity contribution in [1.29, 1.82) is 0 Å². The number of benzene rings is 1. The minimum absolute atomic E-state index is 0.116. The molecule has 0 atom stereocenters. The summed E-state index contributed by atoms with van der Waals surface area (Å²) in [5.74, 6) is 0.597. The Morgan fingerprint density at radius 2 is 2.40 bits per heavy atom. The maximum Gasteiger partial charge on any atom is 0.231 e. The van der Waals surface area contributed by atoms with Crippen LogP contribution in [0.1, 0.15) is 5.56 Å². The summed E-state index contributed by atoms with van der Waals surface area (Å²) in [4.78, 5) is 4.67. The van der Waals surface area contributed by atoms with E-state index in [2.05, 4.69) is 26.2 Å². The molecule has 1 aliphatic rings. The Hall–Kier alpha value is -0.850. The van der Waals surface area contributed by atoms with Gasteiger partial charge in [0.2, 0.25) is 6.79 Å². The lowest BCUT2D eigenvalue weighted by Crippen LogP contribution is -2.13. The number of nitrogens with one attached hydrogen (secondary N) is 1. The molecule has 0 aliphatic carbocycles. The first-order valence-corrected chi connectivity index (χ1v) is 5.05. The Kier molecular flexibility index (Phi) is 3.08. The van der Waals surface area contributed by atoms with E-state index in [1.54, 1.807) is 6.07 Å². The van der Waals surface area contributed by atoms with Crippen LogP contribution in [0.3, 0.4) is 0 Å². The van der Waals surface area contributed by atoms with Crippen molar-refractivity contribution in [1.82, 2.24) is 5.48 Å². The Bertz CT molecular complexity index is 386. The fourth-order valence-electron chi connectivity index (χ4n) is 1.36. The van der Waals surface area contributed by atoms with Gasteiger partial charge < -0.3 is 14.3 Å². The van der Waals surface area contributed by atoms with E-state index in [9.17, 15) is 4.39 Å². The molecule has 0 saturated carbocycles. The van der Waals surface area contributed by atoms with Gasteiger partial charge >= 0.3 is 0 Å². The maximum atomic E-state index is 13.7. The molecule has 1 aromatic carbocycles. The zero-order valence-electron chi connectivity index (χ0n) is 7.97. The summed E-state index contributed by atoms with van der Waals surface area (Å²) in [6, 6.07) is 1.55. The van der Waals surface area contributed by atoms with Crippen molar-refractivity contribution in [2.75, 3.05) is 13.9 Å². The van der Waals surface area contributed by atoms with Gasteiger partial charge in [-0.2, -0.15) is 5.48 Å². The summed E-state index contributed by atoms with van der Waals surface area (Å²) in [5.41, 5.74) is 2.95. The van der Waals surface area contributed by atoms with Crippen molar-refractivity contribution >= 4 is 15.9 Å². The second-order valence-electron chi connectivity index (χ2n) is 2.91. The summed E-state index contributed by atoms with van der Waals surface area (Å²) >= 11 is 3.11. The van der Waals surface area contributed by atoms with Crippen molar-refractivity contribution < 1.29 is 18.7 Å². The Morgan fingerprint density at radius 1 is 1.60 bits per heavy atom. The normalized spacial score (nSPS) is 13.3. The molecule has 0 aromatic heterocycles. The Morgan fingerprint density at radius 3 is 3.13 bits per heavy atom. The largest absolute Gasteiger partial charge is 0.454 e. The van der Waals surface area contributed by atoms with Gasteiger partial charge in [0.05, 0.1) is 23.7 Å². The van der Waals surface area contributed by atoms with Crippen molar-refractivity contribution in [2.45, 2.75) is 6.54 Å². The minimum Gasteiger partial charge on any atom is -0.454 e. The van der Waals surface area contributed by atoms with Crippen LogP contribution in [0, 0.1) is 5.82 Å². The predicted molar refractivity (Wildman–Crippen MR) is 54.1 cm³/mol. The molecule has 1 aromatic rings. The number of halogens is 2. The molecule has 0 amide bonds. The number of fused-ring (bicyclic) bond motifs is 1. The van der Waals surface area contributed by atoms with Crippen LogP contribution in [-0.4, -0.2) is 13.9 Å². The first-order valence-electron chi connectivity index (χ1n) is 4.26. The molecule has 15 heavy (non-hydrogen) atoms. The zero-order valence-corrected chi connectivity index (χ0v) is 9.56. The molecule has 1 aliphatic heterocycles. The van der Waals surface area contributed by atoms with Crippen molar-refractivity contribution in [2.24, 2.45) is 0 Å². The van der Waals surface area contributed by atoms with Crippen molar-refractivity contribution in [3.8, 4) is 11.5 Å². The second-order valence-corrected chi connectivity index (χ2v) is 3.76. The zero-order chi connectivity index (χ0) is 10.8. The maximum absolute atomic E-state index is 13.7. The Labute approximate surface area is 94.4 Å². The number of ether oxygens (including phenoxy) is 2. The van der Waals surface area contributed by atoms with Crippen LogP contribution in [0.15, 0.2) is 10.5 Å². The highest BCUT2D eigenvalue weighted by Crippen LogP contribution is 2.40. The average Bonchev–Trinajstić information content (AvgIpc) is 2.66. The van der Waals surface area contributed by atoms with Crippen LogP contribution < -0.4 is 15.0 Å². The molecule has 6 heteroatoms. The lowest BCUT2D eigenvalue weighted by Gasteiger charge is -2.08. The van der Waals surface area contributed by atoms with E-state index in [0.29, 0.717) is 21.5 Å². The topological polar surface area (TPSA) is 39.7 Å². The van der Waals surface area contributed by atoms with Crippen molar-refractivity contribution in [3.05, 3.63) is 21.9 Å². The molecule has 0 unspecified atom stereocenters. The van der Waals surface area contributed by atoms with Crippen LogP contribution >= 0.6 is 15.9 Å². The molecule has 1 heterocycles. The van der Waals surface area contributed by atoms with E-state index in [1.165, 1.54) is 7.11 Å². The summed E-state index contributed by atoms with van der Waals surface area (Å²) in [5, 5.41) is 0. The van der Waals surface area contributed by atoms with Crippen molar-refractivity contribution in [3.63, 3.8) is 0 Å².